The van der Waals surface area contributed by atoms with Gasteiger partial charge in [-0.05, 0) is 29.8 Å². The van der Waals surface area contributed by atoms with Crippen molar-refractivity contribution in [3.8, 4) is 11.1 Å². The summed E-state index contributed by atoms with van der Waals surface area (Å²) >= 11 is 3.61. The monoisotopic (exact) mass is 401 g/mol. The van der Waals surface area contributed by atoms with Crippen LogP contribution in [0.5, 0.6) is 0 Å². The Kier molecular flexibility index (Phi) is 3.68. The Morgan fingerprint density at radius 1 is 0.846 bits per heavy atom. The summed E-state index contributed by atoms with van der Waals surface area (Å²) in [6, 6.07) is 25.1. The molecule has 0 saturated heterocycles. The molecule has 1 N–H and O–H groups in total. The Bertz CT molecular complexity index is 1220. The van der Waals surface area contributed by atoms with Crippen LogP contribution in [0.15, 0.2) is 87.9 Å². The Hall–Kier alpha value is -2.78. The minimum absolute atomic E-state index is 0.766. The molecule has 0 amide bonds. The highest BCUT2D eigenvalue weighted by Gasteiger charge is 2.19. The largest absolute Gasteiger partial charge is 0.460 e. The first-order valence-corrected chi connectivity index (χ1v) is 9.40. The van der Waals surface area contributed by atoms with E-state index in [0.717, 1.165) is 33.1 Å². The predicted molar refractivity (Wildman–Crippen MR) is 110 cm³/mol. The molecule has 0 radical (unpaired) electrons. The second-order valence-electron chi connectivity index (χ2n) is 6.45. The molecule has 126 valence electrons. The summed E-state index contributed by atoms with van der Waals surface area (Å²) in [5.41, 5.74) is 5.65. The van der Waals surface area contributed by atoms with E-state index in [0.29, 0.717) is 0 Å². The van der Waals surface area contributed by atoms with E-state index in [1.807, 2.05) is 18.2 Å². The molecule has 0 atom stereocenters. The average molecular weight is 402 g/mol. The van der Waals surface area contributed by atoms with Gasteiger partial charge in [-0.25, -0.2) is 0 Å². The molecule has 0 spiro atoms. The van der Waals surface area contributed by atoms with Gasteiger partial charge in [0.05, 0.1) is 0 Å². The van der Waals surface area contributed by atoms with Gasteiger partial charge in [0.1, 0.15) is 11.3 Å². The van der Waals surface area contributed by atoms with E-state index in [2.05, 4.69) is 81.7 Å². The zero-order valence-electron chi connectivity index (χ0n) is 14.0. The predicted octanol–water partition coefficient (Wildman–Crippen LogP) is 6.93. The Labute approximate surface area is 159 Å². The maximum atomic E-state index is 6.30. The van der Waals surface area contributed by atoms with Gasteiger partial charge in [0.25, 0.3) is 0 Å². The van der Waals surface area contributed by atoms with Crippen molar-refractivity contribution < 1.29 is 4.42 Å². The first-order valence-electron chi connectivity index (χ1n) is 8.61. The zero-order valence-corrected chi connectivity index (χ0v) is 15.6. The Morgan fingerprint density at radius 2 is 1.65 bits per heavy atom. The van der Waals surface area contributed by atoms with Crippen molar-refractivity contribution in [3.63, 3.8) is 0 Å². The van der Waals surface area contributed by atoms with Crippen LogP contribution in [0, 0.1) is 0 Å². The SMILES string of the molecule is Brc1ccc2oc(Cc3ccccc3)c(-c3c[nH]c4ccccc34)c2c1. The molecule has 0 bridgehead atoms. The first-order chi connectivity index (χ1) is 12.8. The molecule has 0 unspecified atom stereocenters. The van der Waals surface area contributed by atoms with Gasteiger partial charge < -0.3 is 9.40 Å². The molecule has 2 aromatic heterocycles. The van der Waals surface area contributed by atoms with Gasteiger partial charge in [-0.15, -0.1) is 0 Å². The fraction of sp³-hybridized carbons (Fsp3) is 0.0435. The van der Waals surface area contributed by atoms with E-state index in [9.17, 15) is 0 Å². The van der Waals surface area contributed by atoms with E-state index < -0.39 is 0 Å². The van der Waals surface area contributed by atoms with E-state index in [1.54, 1.807) is 0 Å². The normalized spacial score (nSPS) is 11.4. The molecule has 0 fully saturated rings. The molecule has 0 aliphatic heterocycles. The van der Waals surface area contributed by atoms with Crippen LogP contribution in [-0.4, -0.2) is 4.98 Å². The van der Waals surface area contributed by atoms with Gasteiger partial charge in [0.15, 0.2) is 0 Å². The number of aromatic nitrogens is 1. The number of nitrogens with one attached hydrogen (secondary N) is 1. The molecule has 3 heteroatoms. The lowest BCUT2D eigenvalue weighted by Gasteiger charge is -2.03. The maximum absolute atomic E-state index is 6.30. The lowest BCUT2D eigenvalue weighted by Crippen LogP contribution is -1.88. The van der Waals surface area contributed by atoms with Crippen LogP contribution < -0.4 is 0 Å². The fourth-order valence-corrected chi connectivity index (χ4v) is 3.96. The third-order valence-electron chi connectivity index (χ3n) is 4.79. The highest BCUT2D eigenvalue weighted by atomic mass is 79.9. The molecule has 5 aromatic rings. The van der Waals surface area contributed by atoms with Crippen molar-refractivity contribution >= 4 is 37.8 Å². The molecular weight excluding hydrogens is 386 g/mol. The highest BCUT2D eigenvalue weighted by Crippen LogP contribution is 2.40. The molecule has 3 aromatic carbocycles. The Balaban J connectivity index is 1.78. The lowest BCUT2D eigenvalue weighted by atomic mass is 9.98. The van der Waals surface area contributed by atoms with Gasteiger partial charge in [-0.1, -0.05) is 64.5 Å². The number of furan rings is 1. The highest BCUT2D eigenvalue weighted by molar-refractivity contribution is 9.10. The van der Waals surface area contributed by atoms with Crippen molar-refractivity contribution in [1.29, 1.82) is 0 Å². The molecule has 5 rings (SSSR count). The number of para-hydroxylation sites is 1. The zero-order chi connectivity index (χ0) is 17.5. The standard InChI is InChI=1S/C23H16BrNO/c24-16-10-11-21-18(13-16)23(19-14-25-20-9-5-4-8-17(19)20)22(26-21)12-15-6-2-1-3-7-15/h1-11,13-14,25H,12H2. The van der Waals surface area contributed by atoms with E-state index in [4.69, 9.17) is 4.42 Å². The Morgan fingerprint density at radius 3 is 2.54 bits per heavy atom. The minimum Gasteiger partial charge on any atom is -0.460 e. The van der Waals surface area contributed by atoms with Crippen LogP contribution in [0.25, 0.3) is 33.0 Å². The first kappa shape index (κ1) is 15.5. The van der Waals surface area contributed by atoms with Crippen LogP contribution in [0.1, 0.15) is 11.3 Å². The van der Waals surface area contributed by atoms with E-state index in [-0.39, 0.29) is 0 Å². The van der Waals surface area contributed by atoms with Gasteiger partial charge >= 0.3 is 0 Å². The summed E-state index contributed by atoms with van der Waals surface area (Å²) in [6.45, 7) is 0. The van der Waals surface area contributed by atoms with Gasteiger partial charge in [0.2, 0.25) is 0 Å². The number of benzene rings is 3. The van der Waals surface area contributed by atoms with Gasteiger partial charge in [-0.2, -0.15) is 0 Å². The van der Waals surface area contributed by atoms with Crippen molar-refractivity contribution in [1.82, 2.24) is 4.98 Å². The topological polar surface area (TPSA) is 28.9 Å². The molecule has 0 saturated carbocycles. The molecular formula is C23H16BrNO. The third-order valence-corrected chi connectivity index (χ3v) is 5.28. The molecule has 2 nitrogen and oxygen atoms in total. The van der Waals surface area contributed by atoms with Crippen LogP contribution in [0.4, 0.5) is 0 Å². The maximum Gasteiger partial charge on any atom is 0.135 e. The number of hydrogen-bond donors (Lipinski definition) is 1. The summed E-state index contributed by atoms with van der Waals surface area (Å²) in [7, 11) is 0. The lowest BCUT2D eigenvalue weighted by molar-refractivity contribution is 0.564. The number of halogens is 1. The van der Waals surface area contributed by atoms with Crippen molar-refractivity contribution in [2.45, 2.75) is 6.42 Å². The average Bonchev–Trinajstić information content (AvgIpc) is 3.23. The van der Waals surface area contributed by atoms with Crippen LogP contribution in [0.3, 0.4) is 0 Å². The number of hydrogen-bond acceptors (Lipinski definition) is 1. The van der Waals surface area contributed by atoms with Gasteiger partial charge in [0, 0.05) is 44.5 Å². The number of fused-ring (bicyclic) bond motifs is 2. The van der Waals surface area contributed by atoms with Crippen molar-refractivity contribution in [2.24, 2.45) is 0 Å². The summed E-state index contributed by atoms with van der Waals surface area (Å²) in [6.07, 6.45) is 2.85. The van der Waals surface area contributed by atoms with Gasteiger partial charge in [-0.3, -0.25) is 0 Å². The van der Waals surface area contributed by atoms with Crippen LogP contribution in [0.2, 0.25) is 0 Å². The fourth-order valence-electron chi connectivity index (χ4n) is 3.60. The second-order valence-corrected chi connectivity index (χ2v) is 7.37. The smallest absolute Gasteiger partial charge is 0.135 e. The molecule has 0 aliphatic rings. The number of rotatable bonds is 3. The second kappa shape index (κ2) is 6.19. The molecule has 2 heterocycles. The summed E-state index contributed by atoms with van der Waals surface area (Å²) < 4.78 is 7.35. The number of aromatic amines is 1. The summed E-state index contributed by atoms with van der Waals surface area (Å²) in [5.74, 6) is 0.994. The molecule has 0 aliphatic carbocycles. The van der Waals surface area contributed by atoms with Crippen molar-refractivity contribution in [3.05, 3.63) is 94.8 Å². The van der Waals surface area contributed by atoms with E-state index >= 15 is 0 Å². The third kappa shape index (κ3) is 2.56. The quantitative estimate of drug-likeness (QED) is 0.348. The summed E-state index contributed by atoms with van der Waals surface area (Å²) in [4.78, 5) is 3.39. The molecule has 26 heavy (non-hydrogen) atoms. The summed E-state index contributed by atoms with van der Waals surface area (Å²) in [5, 5.41) is 2.35. The van der Waals surface area contributed by atoms with Crippen LogP contribution >= 0.6 is 15.9 Å². The minimum atomic E-state index is 0.766. The van der Waals surface area contributed by atoms with Crippen molar-refractivity contribution in [2.75, 3.05) is 0 Å². The van der Waals surface area contributed by atoms with E-state index in [1.165, 1.54) is 22.1 Å². The number of H-pyrrole nitrogens is 1. The van der Waals surface area contributed by atoms with Crippen LogP contribution in [-0.2, 0) is 6.42 Å².